The van der Waals surface area contributed by atoms with Crippen LogP contribution in [-0.2, 0) is 10.0 Å². The molecule has 0 atom stereocenters. The highest BCUT2D eigenvalue weighted by Gasteiger charge is 2.29. The molecule has 2 fully saturated rings. The Bertz CT molecular complexity index is 780. The molecule has 27 heavy (non-hydrogen) atoms. The number of benzene rings is 1. The third-order valence-corrected chi connectivity index (χ3v) is 7.54. The maximum absolute atomic E-state index is 13.0. The van der Waals surface area contributed by atoms with Crippen molar-refractivity contribution in [3.05, 3.63) is 29.3 Å². The minimum Gasteiger partial charge on any atom is -0.336 e. The molecule has 0 bridgehead atoms. The SMILES string of the molecule is CCN1CCN(C(=O)c2cc(S(=O)(=O)N3CCN(C)CC3)ccc2C)CC1. The molecular formula is C19H30N4O3S. The van der Waals surface area contributed by atoms with Crippen molar-refractivity contribution >= 4 is 15.9 Å². The molecule has 0 spiro atoms. The summed E-state index contributed by atoms with van der Waals surface area (Å²) >= 11 is 0. The standard InChI is InChI=1S/C19H30N4O3S/c1-4-21-9-11-22(12-10-21)19(24)18-15-17(6-5-16(18)2)27(25,26)23-13-7-20(3)8-14-23/h5-6,15H,4,7-14H2,1-3H3. The van der Waals surface area contributed by atoms with Gasteiger partial charge in [-0.25, -0.2) is 8.42 Å². The highest BCUT2D eigenvalue weighted by molar-refractivity contribution is 7.89. The molecule has 2 saturated heterocycles. The number of rotatable bonds is 4. The van der Waals surface area contributed by atoms with Crippen LogP contribution in [0.15, 0.2) is 23.1 Å². The summed E-state index contributed by atoms with van der Waals surface area (Å²) in [5.41, 5.74) is 1.31. The second-order valence-corrected chi connectivity index (χ2v) is 9.35. The topological polar surface area (TPSA) is 64.2 Å². The fourth-order valence-corrected chi connectivity index (χ4v) is 5.06. The van der Waals surface area contributed by atoms with Crippen molar-refractivity contribution in [2.45, 2.75) is 18.7 Å². The number of nitrogens with zero attached hydrogens (tertiary/aromatic N) is 4. The van der Waals surface area contributed by atoms with Crippen LogP contribution in [0, 0.1) is 6.92 Å². The van der Waals surface area contributed by atoms with Crippen LogP contribution >= 0.6 is 0 Å². The lowest BCUT2D eigenvalue weighted by Crippen LogP contribution is -2.48. The Morgan fingerprint density at radius 1 is 1.00 bits per heavy atom. The summed E-state index contributed by atoms with van der Waals surface area (Å²) < 4.78 is 27.5. The summed E-state index contributed by atoms with van der Waals surface area (Å²) in [7, 11) is -1.58. The van der Waals surface area contributed by atoms with E-state index in [9.17, 15) is 13.2 Å². The summed E-state index contributed by atoms with van der Waals surface area (Å²) in [6, 6.07) is 4.94. The zero-order chi connectivity index (χ0) is 19.6. The van der Waals surface area contributed by atoms with Gasteiger partial charge in [0.1, 0.15) is 0 Å². The molecule has 7 nitrogen and oxygen atoms in total. The summed E-state index contributed by atoms with van der Waals surface area (Å²) in [5, 5.41) is 0. The molecule has 1 aromatic carbocycles. The van der Waals surface area contributed by atoms with E-state index in [4.69, 9.17) is 0 Å². The first-order valence-corrected chi connectivity index (χ1v) is 11.1. The van der Waals surface area contributed by atoms with Crippen LogP contribution in [-0.4, -0.2) is 99.3 Å². The fourth-order valence-electron chi connectivity index (χ4n) is 3.61. The van der Waals surface area contributed by atoms with Crippen LogP contribution in [0.4, 0.5) is 0 Å². The zero-order valence-corrected chi connectivity index (χ0v) is 17.3. The van der Waals surface area contributed by atoms with Gasteiger partial charge in [0.15, 0.2) is 0 Å². The number of carbonyl (C=O) groups is 1. The molecular weight excluding hydrogens is 364 g/mol. The average Bonchev–Trinajstić information content (AvgIpc) is 2.68. The Morgan fingerprint density at radius 3 is 2.22 bits per heavy atom. The molecule has 0 radical (unpaired) electrons. The van der Waals surface area contributed by atoms with E-state index in [1.165, 1.54) is 4.31 Å². The highest BCUT2D eigenvalue weighted by Crippen LogP contribution is 2.22. The van der Waals surface area contributed by atoms with Crippen molar-refractivity contribution in [2.24, 2.45) is 0 Å². The first kappa shape index (κ1) is 20.3. The number of hydrogen-bond acceptors (Lipinski definition) is 5. The average molecular weight is 395 g/mol. The molecule has 3 rings (SSSR count). The van der Waals surface area contributed by atoms with Crippen molar-refractivity contribution in [2.75, 3.05) is 66.0 Å². The molecule has 0 N–H and O–H groups in total. The van der Waals surface area contributed by atoms with Gasteiger partial charge in [0, 0.05) is 57.9 Å². The van der Waals surface area contributed by atoms with Gasteiger partial charge in [-0.3, -0.25) is 4.79 Å². The lowest BCUT2D eigenvalue weighted by atomic mass is 10.1. The van der Waals surface area contributed by atoms with E-state index in [1.807, 2.05) is 18.9 Å². The van der Waals surface area contributed by atoms with Crippen LogP contribution in [0.5, 0.6) is 0 Å². The maximum Gasteiger partial charge on any atom is 0.254 e. The van der Waals surface area contributed by atoms with Crippen molar-refractivity contribution < 1.29 is 13.2 Å². The van der Waals surface area contributed by atoms with Gasteiger partial charge >= 0.3 is 0 Å². The third kappa shape index (κ3) is 4.34. The van der Waals surface area contributed by atoms with Crippen LogP contribution in [0.1, 0.15) is 22.8 Å². The maximum atomic E-state index is 13.0. The van der Waals surface area contributed by atoms with Crippen LogP contribution < -0.4 is 0 Å². The minimum atomic E-state index is -3.57. The van der Waals surface area contributed by atoms with E-state index < -0.39 is 10.0 Å². The number of likely N-dealkylation sites (N-methyl/N-ethyl adjacent to an activating group) is 2. The molecule has 2 aliphatic rings. The van der Waals surface area contributed by atoms with Gasteiger partial charge in [-0.05, 0) is 38.2 Å². The Kier molecular flexibility index (Phi) is 6.20. The monoisotopic (exact) mass is 394 g/mol. The lowest BCUT2D eigenvalue weighted by Gasteiger charge is -2.34. The summed E-state index contributed by atoms with van der Waals surface area (Å²) in [5.74, 6) is -0.0707. The Labute approximate surface area is 162 Å². The van der Waals surface area contributed by atoms with Crippen molar-refractivity contribution in [3.8, 4) is 0 Å². The van der Waals surface area contributed by atoms with Crippen LogP contribution in [0.25, 0.3) is 0 Å². The van der Waals surface area contributed by atoms with Crippen LogP contribution in [0.3, 0.4) is 0 Å². The molecule has 2 aliphatic heterocycles. The molecule has 1 amide bonds. The van der Waals surface area contributed by atoms with Crippen LogP contribution in [0.2, 0.25) is 0 Å². The molecule has 0 saturated carbocycles. The van der Waals surface area contributed by atoms with E-state index in [-0.39, 0.29) is 10.8 Å². The summed E-state index contributed by atoms with van der Waals surface area (Å²) in [6.07, 6.45) is 0. The van der Waals surface area contributed by atoms with Gasteiger partial charge < -0.3 is 14.7 Å². The molecule has 2 heterocycles. The van der Waals surface area contributed by atoms with E-state index in [0.717, 1.165) is 38.3 Å². The number of piperazine rings is 2. The Hall–Kier alpha value is -1.48. The quantitative estimate of drug-likeness (QED) is 0.753. The largest absolute Gasteiger partial charge is 0.336 e. The highest BCUT2D eigenvalue weighted by atomic mass is 32.2. The predicted octanol–water partition coefficient (Wildman–Crippen LogP) is 0.709. The number of hydrogen-bond donors (Lipinski definition) is 0. The van der Waals surface area contributed by atoms with Crippen molar-refractivity contribution in [1.82, 2.24) is 19.0 Å². The van der Waals surface area contributed by atoms with Gasteiger partial charge in [0.25, 0.3) is 5.91 Å². The molecule has 1 aromatic rings. The van der Waals surface area contributed by atoms with Gasteiger partial charge in [0.2, 0.25) is 10.0 Å². The van der Waals surface area contributed by atoms with Gasteiger partial charge in [0.05, 0.1) is 4.90 Å². The molecule has 0 aliphatic carbocycles. The van der Waals surface area contributed by atoms with E-state index in [2.05, 4.69) is 16.7 Å². The number of aryl methyl sites for hydroxylation is 1. The number of sulfonamides is 1. The van der Waals surface area contributed by atoms with Gasteiger partial charge in [-0.15, -0.1) is 0 Å². The number of carbonyl (C=O) groups excluding carboxylic acids is 1. The second-order valence-electron chi connectivity index (χ2n) is 7.41. The van der Waals surface area contributed by atoms with Crippen molar-refractivity contribution in [3.63, 3.8) is 0 Å². The summed E-state index contributed by atoms with van der Waals surface area (Å²) in [6.45, 7) is 10.5. The van der Waals surface area contributed by atoms with Gasteiger partial charge in [-0.2, -0.15) is 4.31 Å². The lowest BCUT2D eigenvalue weighted by molar-refractivity contribution is 0.0642. The normalized spacial score (nSPS) is 20.8. The first-order chi connectivity index (χ1) is 12.8. The second kappa shape index (κ2) is 8.26. The molecule has 8 heteroatoms. The van der Waals surface area contributed by atoms with Gasteiger partial charge in [-0.1, -0.05) is 13.0 Å². The van der Waals surface area contributed by atoms with E-state index in [1.54, 1.807) is 18.2 Å². The number of amides is 1. The molecule has 150 valence electrons. The minimum absolute atomic E-state index is 0.0707. The zero-order valence-electron chi connectivity index (χ0n) is 16.5. The Morgan fingerprint density at radius 2 is 1.63 bits per heavy atom. The molecule has 0 unspecified atom stereocenters. The Balaban J connectivity index is 1.81. The smallest absolute Gasteiger partial charge is 0.254 e. The summed E-state index contributed by atoms with van der Waals surface area (Å²) in [4.78, 5) is 19.5. The van der Waals surface area contributed by atoms with Crippen molar-refractivity contribution in [1.29, 1.82) is 0 Å². The third-order valence-electron chi connectivity index (χ3n) is 5.65. The fraction of sp³-hybridized carbons (Fsp3) is 0.632. The predicted molar refractivity (Wildman–Crippen MR) is 105 cm³/mol. The first-order valence-electron chi connectivity index (χ1n) is 9.64. The molecule has 0 aromatic heterocycles. The van der Waals surface area contributed by atoms with E-state index in [0.29, 0.717) is 31.7 Å². The van der Waals surface area contributed by atoms with E-state index >= 15 is 0 Å².